The van der Waals surface area contributed by atoms with Crippen LogP contribution in [0.5, 0.6) is 0 Å². The predicted octanol–water partition coefficient (Wildman–Crippen LogP) is 1.66. The first-order chi connectivity index (χ1) is 12.1. The number of hydrogen-bond acceptors (Lipinski definition) is 5. The van der Waals surface area contributed by atoms with Crippen molar-refractivity contribution in [1.82, 2.24) is 10.2 Å². The number of carbonyl (C=O) groups excluding carboxylic acids is 2. The molecule has 0 aliphatic carbocycles. The summed E-state index contributed by atoms with van der Waals surface area (Å²) in [6.45, 7) is 3.78. The molecule has 1 unspecified atom stereocenters. The molecule has 3 N–H and O–H groups in total. The highest BCUT2D eigenvalue weighted by Gasteiger charge is 2.41. The van der Waals surface area contributed by atoms with E-state index >= 15 is 0 Å². The lowest BCUT2D eigenvalue weighted by Gasteiger charge is -2.40. The molecule has 4 heterocycles. The van der Waals surface area contributed by atoms with E-state index in [1.807, 2.05) is 0 Å². The molecule has 1 spiro atoms. The molecule has 1 atom stereocenters. The molecule has 3 aliphatic rings. The molecule has 6 nitrogen and oxygen atoms in total. The molecular weight excluding hydrogens is 374 g/mol. The third kappa shape index (κ3) is 3.50. The van der Waals surface area contributed by atoms with Crippen molar-refractivity contribution in [1.29, 1.82) is 0 Å². The average molecular weight is 400 g/mol. The van der Waals surface area contributed by atoms with Gasteiger partial charge in [0.1, 0.15) is 0 Å². The van der Waals surface area contributed by atoms with Crippen LogP contribution in [0.1, 0.15) is 45.8 Å². The number of ether oxygens (including phenoxy) is 1. The number of hydrogen-bond donors (Lipinski definition) is 2. The van der Waals surface area contributed by atoms with Gasteiger partial charge >= 0.3 is 0 Å². The van der Waals surface area contributed by atoms with Crippen LogP contribution in [0.25, 0.3) is 0 Å². The fraction of sp³-hybridized carbons (Fsp3) is 0.667. The summed E-state index contributed by atoms with van der Waals surface area (Å²) in [7, 11) is 0. The van der Waals surface area contributed by atoms with Crippen molar-refractivity contribution >= 4 is 35.6 Å². The molecule has 0 bridgehead atoms. The van der Waals surface area contributed by atoms with Crippen molar-refractivity contribution in [2.24, 2.45) is 11.7 Å². The second kappa shape index (κ2) is 7.84. The molecule has 0 aromatic carbocycles. The highest BCUT2D eigenvalue weighted by Crippen LogP contribution is 2.43. The van der Waals surface area contributed by atoms with Crippen molar-refractivity contribution in [3.8, 4) is 0 Å². The van der Waals surface area contributed by atoms with Crippen LogP contribution in [0, 0.1) is 5.92 Å². The SMILES string of the molecule is Cl.NC(=O)C1CCCN(C(=O)c2cc3c(s2)CCOC32CCNCC2)C1. The van der Waals surface area contributed by atoms with E-state index in [1.165, 1.54) is 10.4 Å². The van der Waals surface area contributed by atoms with Gasteiger partial charge in [0.05, 0.1) is 23.0 Å². The van der Waals surface area contributed by atoms with Gasteiger partial charge in [-0.25, -0.2) is 0 Å². The lowest BCUT2D eigenvalue weighted by Crippen LogP contribution is -2.44. The van der Waals surface area contributed by atoms with Crippen molar-refractivity contribution in [2.75, 3.05) is 32.8 Å². The Morgan fingerprint density at radius 3 is 2.85 bits per heavy atom. The topological polar surface area (TPSA) is 84.7 Å². The Labute approximate surface area is 163 Å². The quantitative estimate of drug-likeness (QED) is 0.792. The van der Waals surface area contributed by atoms with Crippen LogP contribution in [0.2, 0.25) is 0 Å². The Kier molecular flexibility index (Phi) is 5.91. The van der Waals surface area contributed by atoms with Gasteiger partial charge in [0.25, 0.3) is 5.91 Å². The van der Waals surface area contributed by atoms with E-state index in [-0.39, 0.29) is 35.7 Å². The molecule has 2 fully saturated rings. The fourth-order valence-corrected chi connectivity index (χ4v) is 5.52. The normalized spacial score (nSPS) is 24.6. The van der Waals surface area contributed by atoms with Gasteiger partial charge in [0.2, 0.25) is 5.91 Å². The van der Waals surface area contributed by atoms with E-state index in [0.717, 1.165) is 56.7 Å². The molecule has 1 aromatic rings. The maximum absolute atomic E-state index is 13.0. The van der Waals surface area contributed by atoms with Crippen molar-refractivity contribution in [3.63, 3.8) is 0 Å². The van der Waals surface area contributed by atoms with Gasteiger partial charge in [-0.3, -0.25) is 9.59 Å². The number of rotatable bonds is 2. The number of halogens is 1. The molecule has 2 amide bonds. The first kappa shape index (κ1) is 19.6. The van der Waals surface area contributed by atoms with Crippen LogP contribution < -0.4 is 11.1 Å². The Morgan fingerprint density at radius 2 is 2.12 bits per heavy atom. The molecular formula is C18H26ClN3O3S. The summed E-state index contributed by atoms with van der Waals surface area (Å²) in [6, 6.07) is 2.06. The van der Waals surface area contributed by atoms with Crippen LogP contribution in [-0.2, 0) is 21.6 Å². The minimum Gasteiger partial charge on any atom is -0.370 e. The van der Waals surface area contributed by atoms with Gasteiger partial charge in [-0.05, 0) is 50.4 Å². The number of nitrogens with zero attached hydrogens (tertiary/aromatic N) is 1. The first-order valence-electron chi connectivity index (χ1n) is 9.15. The van der Waals surface area contributed by atoms with Gasteiger partial charge in [-0.1, -0.05) is 0 Å². The summed E-state index contributed by atoms with van der Waals surface area (Å²) in [5, 5.41) is 3.39. The standard InChI is InChI=1S/C18H25N3O3S.ClH/c19-16(22)12-2-1-8-21(11-12)17(23)15-10-13-14(25-15)3-9-24-18(13)4-6-20-7-5-18;/h10,12,20H,1-9,11H2,(H2,19,22);1H. The molecule has 144 valence electrons. The van der Waals surface area contributed by atoms with Gasteiger partial charge in [0.15, 0.2) is 0 Å². The predicted molar refractivity (Wildman–Crippen MR) is 103 cm³/mol. The maximum Gasteiger partial charge on any atom is 0.263 e. The van der Waals surface area contributed by atoms with E-state index in [2.05, 4.69) is 11.4 Å². The second-order valence-electron chi connectivity index (χ2n) is 7.28. The third-order valence-corrected chi connectivity index (χ3v) is 6.92. The molecule has 4 rings (SSSR count). The molecule has 3 aliphatic heterocycles. The summed E-state index contributed by atoms with van der Waals surface area (Å²) in [5.74, 6) is -0.481. The second-order valence-corrected chi connectivity index (χ2v) is 8.42. The summed E-state index contributed by atoms with van der Waals surface area (Å²) >= 11 is 1.61. The van der Waals surface area contributed by atoms with Crippen LogP contribution in [0.4, 0.5) is 0 Å². The number of nitrogens with two attached hydrogens (primary N) is 1. The highest BCUT2D eigenvalue weighted by molar-refractivity contribution is 7.14. The monoisotopic (exact) mass is 399 g/mol. The summed E-state index contributed by atoms with van der Waals surface area (Å²) < 4.78 is 6.20. The number of amides is 2. The minimum atomic E-state index is -0.301. The van der Waals surface area contributed by atoms with Gasteiger partial charge in [0, 0.05) is 24.4 Å². The Bertz CT molecular complexity index is 687. The summed E-state index contributed by atoms with van der Waals surface area (Å²) in [5.41, 5.74) is 6.45. The molecule has 0 saturated carbocycles. The number of carbonyl (C=O) groups is 2. The minimum absolute atomic E-state index is 0. The van der Waals surface area contributed by atoms with Crippen LogP contribution in [0.15, 0.2) is 6.07 Å². The number of likely N-dealkylation sites (tertiary alicyclic amines) is 1. The number of thiophene rings is 1. The van der Waals surface area contributed by atoms with E-state index in [0.29, 0.717) is 13.1 Å². The summed E-state index contributed by atoms with van der Waals surface area (Å²) in [4.78, 5) is 28.3. The average Bonchev–Trinajstić information content (AvgIpc) is 3.08. The van der Waals surface area contributed by atoms with E-state index in [1.54, 1.807) is 16.2 Å². The number of primary amides is 1. The lowest BCUT2D eigenvalue weighted by atomic mass is 9.83. The zero-order valence-corrected chi connectivity index (χ0v) is 16.4. The first-order valence-corrected chi connectivity index (χ1v) is 9.97. The van der Waals surface area contributed by atoms with E-state index in [4.69, 9.17) is 10.5 Å². The van der Waals surface area contributed by atoms with Crippen LogP contribution >= 0.6 is 23.7 Å². The smallest absolute Gasteiger partial charge is 0.263 e. The van der Waals surface area contributed by atoms with Crippen LogP contribution in [-0.4, -0.2) is 49.5 Å². The van der Waals surface area contributed by atoms with Crippen molar-refractivity contribution < 1.29 is 14.3 Å². The number of piperidine rings is 2. The molecule has 26 heavy (non-hydrogen) atoms. The van der Waals surface area contributed by atoms with Gasteiger partial charge < -0.3 is 20.7 Å². The highest BCUT2D eigenvalue weighted by atomic mass is 35.5. The summed E-state index contributed by atoms with van der Waals surface area (Å²) in [6.07, 6.45) is 4.41. The van der Waals surface area contributed by atoms with Crippen LogP contribution in [0.3, 0.4) is 0 Å². The zero-order chi connectivity index (χ0) is 17.4. The zero-order valence-electron chi connectivity index (χ0n) is 14.8. The van der Waals surface area contributed by atoms with Crippen molar-refractivity contribution in [3.05, 3.63) is 21.4 Å². The molecule has 8 heteroatoms. The van der Waals surface area contributed by atoms with E-state index < -0.39 is 0 Å². The molecule has 2 saturated heterocycles. The van der Waals surface area contributed by atoms with E-state index in [9.17, 15) is 9.59 Å². The fourth-order valence-electron chi connectivity index (χ4n) is 4.32. The Hall–Kier alpha value is -1.15. The van der Waals surface area contributed by atoms with Crippen molar-refractivity contribution in [2.45, 2.75) is 37.7 Å². The number of nitrogens with one attached hydrogen (secondary N) is 1. The largest absolute Gasteiger partial charge is 0.370 e. The maximum atomic E-state index is 13.0. The Balaban J connectivity index is 0.00000196. The lowest BCUT2D eigenvalue weighted by molar-refractivity contribution is -0.123. The number of fused-ring (bicyclic) bond motifs is 2. The molecule has 1 aromatic heterocycles. The van der Waals surface area contributed by atoms with Gasteiger partial charge in [-0.15, -0.1) is 23.7 Å². The molecule has 0 radical (unpaired) electrons. The third-order valence-electron chi connectivity index (χ3n) is 5.74. The Morgan fingerprint density at radius 1 is 1.35 bits per heavy atom. The van der Waals surface area contributed by atoms with Gasteiger partial charge in [-0.2, -0.15) is 0 Å².